The van der Waals surface area contributed by atoms with Crippen LogP contribution in [0.15, 0.2) is 24.4 Å². The Morgan fingerprint density at radius 1 is 1.26 bits per heavy atom. The van der Waals surface area contributed by atoms with Gasteiger partial charge in [-0.3, -0.25) is 0 Å². The quantitative estimate of drug-likeness (QED) is 0.856. The lowest BCUT2D eigenvalue weighted by molar-refractivity contribution is 0.591. The van der Waals surface area contributed by atoms with Gasteiger partial charge in [-0.25, -0.2) is 0 Å². The fourth-order valence-corrected chi connectivity index (χ4v) is 2.55. The molecule has 102 valence electrons. The Balaban J connectivity index is 1.82. The van der Waals surface area contributed by atoms with Crippen molar-refractivity contribution in [3.63, 3.8) is 0 Å². The summed E-state index contributed by atoms with van der Waals surface area (Å²) in [6.45, 7) is 7.91. The van der Waals surface area contributed by atoms with Gasteiger partial charge in [0.2, 0.25) is 0 Å². The highest BCUT2D eigenvalue weighted by Crippen LogP contribution is 2.28. The fourth-order valence-electron chi connectivity index (χ4n) is 2.55. The van der Waals surface area contributed by atoms with Crippen molar-refractivity contribution in [2.45, 2.75) is 51.5 Å². The van der Waals surface area contributed by atoms with Crippen molar-refractivity contribution in [1.29, 1.82) is 0 Å². The molecule has 0 saturated heterocycles. The number of rotatable bonds is 4. The average Bonchev–Trinajstić information content (AvgIpc) is 3.08. The predicted octanol–water partition coefficient (Wildman–Crippen LogP) is 3.76. The molecule has 1 heterocycles. The SMILES string of the molecule is CC(C)(C)c1ccc2[nH]cc(CCNC3CC3)c2c1. The first-order valence-corrected chi connectivity index (χ1v) is 7.38. The van der Waals surface area contributed by atoms with Gasteiger partial charge in [-0.1, -0.05) is 26.8 Å². The molecule has 0 spiro atoms. The summed E-state index contributed by atoms with van der Waals surface area (Å²) >= 11 is 0. The summed E-state index contributed by atoms with van der Waals surface area (Å²) in [4.78, 5) is 3.39. The van der Waals surface area contributed by atoms with Crippen molar-refractivity contribution in [3.05, 3.63) is 35.5 Å². The summed E-state index contributed by atoms with van der Waals surface area (Å²) in [5.41, 5.74) is 4.33. The van der Waals surface area contributed by atoms with E-state index in [9.17, 15) is 0 Å². The molecule has 19 heavy (non-hydrogen) atoms. The molecule has 2 heteroatoms. The number of nitrogens with one attached hydrogen (secondary N) is 2. The molecule has 2 aromatic rings. The minimum Gasteiger partial charge on any atom is -0.361 e. The topological polar surface area (TPSA) is 27.8 Å². The Hall–Kier alpha value is -1.28. The van der Waals surface area contributed by atoms with E-state index in [1.54, 1.807) is 0 Å². The van der Waals surface area contributed by atoms with Crippen LogP contribution in [-0.4, -0.2) is 17.6 Å². The molecule has 1 aromatic carbocycles. The van der Waals surface area contributed by atoms with Crippen LogP contribution in [-0.2, 0) is 11.8 Å². The Labute approximate surface area is 115 Å². The molecule has 0 aliphatic heterocycles. The van der Waals surface area contributed by atoms with Crippen molar-refractivity contribution in [2.24, 2.45) is 0 Å². The first-order valence-electron chi connectivity index (χ1n) is 7.38. The van der Waals surface area contributed by atoms with Crippen LogP contribution >= 0.6 is 0 Å². The van der Waals surface area contributed by atoms with E-state index in [0.717, 1.165) is 19.0 Å². The number of aromatic nitrogens is 1. The van der Waals surface area contributed by atoms with Crippen LogP contribution in [0.3, 0.4) is 0 Å². The maximum Gasteiger partial charge on any atom is 0.0457 e. The van der Waals surface area contributed by atoms with Gasteiger partial charge in [-0.05, 0) is 54.5 Å². The lowest BCUT2D eigenvalue weighted by atomic mass is 9.86. The molecule has 3 rings (SSSR count). The van der Waals surface area contributed by atoms with Crippen LogP contribution in [0, 0.1) is 0 Å². The van der Waals surface area contributed by atoms with Gasteiger partial charge in [0, 0.05) is 23.1 Å². The molecule has 2 N–H and O–H groups in total. The minimum absolute atomic E-state index is 0.217. The third-order valence-corrected chi connectivity index (χ3v) is 4.04. The highest BCUT2D eigenvalue weighted by molar-refractivity contribution is 5.84. The molecule has 0 unspecified atom stereocenters. The fraction of sp³-hybridized carbons (Fsp3) is 0.529. The summed E-state index contributed by atoms with van der Waals surface area (Å²) in [5, 5.41) is 4.98. The maximum absolute atomic E-state index is 3.59. The van der Waals surface area contributed by atoms with Crippen LogP contribution in [0.2, 0.25) is 0 Å². The number of hydrogen-bond acceptors (Lipinski definition) is 1. The van der Waals surface area contributed by atoms with E-state index in [-0.39, 0.29) is 5.41 Å². The van der Waals surface area contributed by atoms with Crippen molar-refractivity contribution < 1.29 is 0 Å². The second-order valence-electron chi connectivity index (χ2n) is 6.80. The van der Waals surface area contributed by atoms with Crippen LogP contribution in [0.25, 0.3) is 10.9 Å². The molecule has 1 fully saturated rings. The van der Waals surface area contributed by atoms with E-state index in [1.807, 2.05) is 0 Å². The van der Waals surface area contributed by atoms with Crippen LogP contribution in [0.4, 0.5) is 0 Å². The Kier molecular flexibility index (Phi) is 3.14. The molecular weight excluding hydrogens is 232 g/mol. The second-order valence-corrected chi connectivity index (χ2v) is 6.80. The largest absolute Gasteiger partial charge is 0.361 e. The molecule has 0 bridgehead atoms. The smallest absolute Gasteiger partial charge is 0.0457 e. The van der Waals surface area contributed by atoms with E-state index < -0.39 is 0 Å². The monoisotopic (exact) mass is 256 g/mol. The molecular formula is C17H24N2. The minimum atomic E-state index is 0.217. The third-order valence-electron chi connectivity index (χ3n) is 4.04. The summed E-state index contributed by atoms with van der Waals surface area (Å²) in [5.74, 6) is 0. The predicted molar refractivity (Wildman–Crippen MR) is 81.7 cm³/mol. The second kappa shape index (κ2) is 4.68. The highest BCUT2D eigenvalue weighted by Gasteiger charge is 2.20. The number of aromatic amines is 1. The van der Waals surface area contributed by atoms with Gasteiger partial charge in [0.15, 0.2) is 0 Å². The zero-order valence-electron chi connectivity index (χ0n) is 12.2. The molecule has 0 amide bonds. The molecule has 1 aliphatic carbocycles. The first kappa shape index (κ1) is 12.7. The standard InChI is InChI=1S/C17H24N2/c1-17(2,3)13-4-7-16-15(10-13)12(11-19-16)8-9-18-14-5-6-14/h4,7,10-11,14,18-19H,5-6,8-9H2,1-3H3. The number of hydrogen-bond donors (Lipinski definition) is 2. The zero-order chi connectivity index (χ0) is 13.5. The van der Waals surface area contributed by atoms with Crippen LogP contribution in [0.5, 0.6) is 0 Å². The molecule has 1 aliphatic rings. The van der Waals surface area contributed by atoms with Gasteiger partial charge < -0.3 is 10.3 Å². The van der Waals surface area contributed by atoms with E-state index >= 15 is 0 Å². The lowest BCUT2D eigenvalue weighted by Crippen LogP contribution is -2.19. The first-order chi connectivity index (χ1) is 9.04. The van der Waals surface area contributed by atoms with Gasteiger partial charge in [-0.2, -0.15) is 0 Å². The highest BCUT2D eigenvalue weighted by atomic mass is 14.9. The van der Waals surface area contributed by atoms with E-state index in [1.165, 1.54) is 34.9 Å². The summed E-state index contributed by atoms with van der Waals surface area (Å²) in [7, 11) is 0. The van der Waals surface area contributed by atoms with Gasteiger partial charge in [0.1, 0.15) is 0 Å². The van der Waals surface area contributed by atoms with E-state index in [4.69, 9.17) is 0 Å². The van der Waals surface area contributed by atoms with Gasteiger partial charge in [0.05, 0.1) is 0 Å². The normalized spacial score (nSPS) is 16.2. The number of fused-ring (bicyclic) bond motifs is 1. The van der Waals surface area contributed by atoms with E-state index in [0.29, 0.717) is 0 Å². The molecule has 0 atom stereocenters. The van der Waals surface area contributed by atoms with Crippen molar-refractivity contribution >= 4 is 10.9 Å². The number of benzene rings is 1. The molecule has 0 radical (unpaired) electrons. The average molecular weight is 256 g/mol. The molecule has 1 saturated carbocycles. The summed E-state index contributed by atoms with van der Waals surface area (Å²) in [6, 6.07) is 7.62. The molecule has 2 nitrogen and oxygen atoms in total. The lowest BCUT2D eigenvalue weighted by Gasteiger charge is -2.19. The Morgan fingerprint density at radius 3 is 2.74 bits per heavy atom. The van der Waals surface area contributed by atoms with Crippen molar-refractivity contribution in [2.75, 3.05) is 6.54 Å². The van der Waals surface area contributed by atoms with Gasteiger partial charge >= 0.3 is 0 Å². The van der Waals surface area contributed by atoms with Crippen molar-refractivity contribution in [3.8, 4) is 0 Å². The van der Waals surface area contributed by atoms with Crippen molar-refractivity contribution in [1.82, 2.24) is 10.3 Å². The Bertz CT molecular complexity index is 570. The number of H-pyrrole nitrogens is 1. The summed E-state index contributed by atoms with van der Waals surface area (Å²) < 4.78 is 0. The van der Waals surface area contributed by atoms with Gasteiger partial charge in [0.25, 0.3) is 0 Å². The zero-order valence-corrected chi connectivity index (χ0v) is 12.2. The molecule has 1 aromatic heterocycles. The Morgan fingerprint density at radius 2 is 2.05 bits per heavy atom. The van der Waals surface area contributed by atoms with Crippen LogP contribution in [0.1, 0.15) is 44.7 Å². The maximum atomic E-state index is 3.59. The van der Waals surface area contributed by atoms with Crippen LogP contribution < -0.4 is 5.32 Å². The van der Waals surface area contributed by atoms with Gasteiger partial charge in [-0.15, -0.1) is 0 Å². The third kappa shape index (κ3) is 2.84. The summed E-state index contributed by atoms with van der Waals surface area (Å²) in [6.07, 6.45) is 6.01. The van der Waals surface area contributed by atoms with E-state index in [2.05, 4.69) is 55.5 Å².